The van der Waals surface area contributed by atoms with Gasteiger partial charge in [-0.3, -0.25) is 14.5 Å². The summed E-state index contributed by atoms with van der Waals surface area (Å²) >= 11 is 0. The molecule has 1 fully saturated rings. The maximum atomic E-state index is 12.0. The molecule has 0 bridgehead atoms. The van der Waals surface area contributed by atoms with E-state index in [1.54, 1.807) is 9.80 Å². The predicted molar refractivity (Wildman–Crippen MR) is 93.0 cm³/mol. The molecule has 1 atom stereocenters. The summed E-state index contributed by atoms with van der Waals surface area (Å²) in [6, 6.07) is 7.74. The first-order valence-corrected chi connectivity index (χ1v) is 8.28. The molecule has 0 radical (unpaired) electrons. The van der Waals surface area contributed by atoms with Crippen LogP contribution in [0.4, 0.5) is 10.5 Å². The van der Waals surface area contributed by atoms with E-state index in [1.165, 1.54) is 12.5 Å². The number of rotatable bonds is 5. The number of benzene rings is 1. The normalized spacial score (nSPS) is 20.1. The zero-order valence-electron chi connectivity index (χ0n) is 14.1. The third kappa shape index (κ3) is 3.99. The lowest BCUT2D eigenvalue weighted by atomic mass is 9.99. The summed E-state index contributed by atoms with van der Waals surface area (Å²) in [5, 5.41) is 2.66. The van der Waals surface area contributed by atoms with Crippen LogP contribution >= 0.6 is 0 Å². The molecule has 1 N–H and O–H groups in total. The standard InChI is InChI=1S/C18H21N3O4/c1-13(23)19-10-17-11-21(18(24)25-17)16-4-2-14(3-5-16)15-6-8-20(12-22)9-7-15/h2-6,12,17H,7-11H2,1H3,(H,19,23)/t17-/m0/s1. The van der Waals surface area contributed by atoms with E-state index in [2.05, 4.69) is 11.4 Å². The Kier molecular flexibility index (Phi) is 5.02. The van der Waals surface area contributed by atoms with Gasteiger partial charge in [-0.25, -0.2) is 4.79 Å². The number of anilines is 1. The van der Waals surface area contributed by atoms with Gasteiger partial charge in [-0.2, -0.15) is 0 Å². The van der Waals surface area contributed by atoms with Crippen LogP contribution in [0.1, 0.15) is 18.9 Å². The summed E-state index contributed by atoms with van der Waals surface area (Å²) in [5.74, 6) is -0.146. The lowest BCUT2D eigenvalue weighted by Crippen LogP contribution is -2.33. The van der Waals surface area contributed by atoms with E-state index >= 15 is 0 Å². The van der Waals surface area contributed by atoms with Crippen molar-refractivity contribution in [1.82, 2.24) is 10.2 Å². The van der Waals surface area contributed by atoms with E-state index in [0.29, 0.717) is 19.6 Å². The van der Waals surface area contributed by atoms with E-state index in [1.807, 2.05) is 24.3 Å². The van der Waals surface area contributed by atoms with Gasteiger partial charge in [0.15, 0.2) is 0 Å². The molecule has 132 valence electrons. The topological polar surface area (TPSA) is 79.0 Å². The summed E-state index contributed by atoms with van der Waals surface area (Å²) in [7, 11) is 0. The van der Waals surface area contributed by atoms with Crippen molar-refractivity contribution in [1.29, 1.82) is 0 Å². The smallest absolute Gasteiger partial charge is 0.414 e. The quantitative estimate of drug-likeness (QED) is 0.820. The molecule has 1 aromatic carbocycles. The first-order valence-electron chi connectivity index (χ1n) is 8.28. The molecular formula is C18H21N3O4. The zero-order chi connectivity index (χ0) is 17.8. The molecule has 7 heteroatoms. The van der Waals surface area contributed by atoms with Crippen LogP contribution in [0.3, 0.4) is 0 Å². The van der Waals surface area contributed by atoms with E-state index in [-0.39, 0.29) is 12.0 Å². The molecule has 25 heavy (non-hydrogen) atoms. The first-order chi connectivity index (χ1) is 12.1. The van der Waals surface area contributed by atoms with Gasteiger partial charge in [0.1, 0.15) is 6.10 Å². The first kappa shape index (κ1) is 17.0. The molecule has 2 aliphatic heterocycles. The van der Waals surface area contributed by atoms with Crippen molar-refractivity contribution in [3.05, 3.63) is 35.9 Å². The molecule has 1 aromatic rings. The lowest BCUT2D eigenvalue weighted by Gasteiger charge is -2.23. The number of hydrogen-bond acceptors (Lipinski definition) is 4. The number of ether oxygens (including phenoxy) is 1. The second-order valence-electron chi connectivity index (χ2n) is 6.18. The SMILES string of the molecule is CC(=O)NC[C@H]1CN(c2ccc(C3=CCN(C=O)CC3)cc2)C(=O)O1. The average Bonchev–Trinajstić information content (AvgIpc) is 3.01. The molecule has 1 saturated heterocycles. The third-order valence-corrected chi connectivity index (χ3v) is 4.39. The van der Waals surface area contributed by atoms with E-state index in [9.17, 15) is 14.4 Å². The summed E-state index contributed by atoms with van der Waals surface area (Å²) in [5.41, 5.74) is 3.07. The Morgan fingerprint density at radius 1 is 1.36 bits per heavy atom. The molecule has 2 aliphatic rings. The Labute approximate surface area is 146 Å². The summed E-state index contributed by atoms with van der Waals surface area (Å²) in [4.78, 5) is 37.1. The molecule has 0 aromatic heterocycles. The van der Waals surface area contributed by atoms with Crippen LogP contribution < -0.4 is 10.2 Å². The number of cyclic esters (lactones) is 1. The van der Waals surface area contributed by atoms with Gasteiger partial charge >= 0.3 is 6.09 Å². The summed E-state index contributed by atoms with van der Waals surface area (Å²) in [6.45, 7) is 3.51. The summed E-state index contributed by atoms with van der Waals surface area (Å²) in [6.07, 6.45) is 3.00. The maximum absolute atomic E-state index is 12.0. The van der Waals surface area contributed by atoms with Gasteiger partial charge in [0.2, 0.25) is 12.3 Å². The van der Waals surface area contributed by atoms with E-state index < -0.39 is 6.09 Å². The number of nitrogens with zero attached hydrogens (tertiary/aromatic N) is 2. The van der Waals surface area contributed by atoms with Crippen LogP contribution in [0, 0.1) is 0 Å². The highest BCUT2D eigenvalue weighted by Gasteiger charge is 2.32. The van der Waals surface area contributed by atoms with Crippen LogP contribution in [0.5, 0.6) is 0 Å². The number of nitrogens with one attached hydrogen (secondary N) is 1. The Balaban J connectivity index is 1.64. The molecule has 3 amide bonds. The van der Waals surface area contributed by atoms with Gasteiger partial charge < -0.3 is 15.0 Å². The zero-order valence-corrected chi connectivity index (χ0v) is 14.1. The van der Waals surface area contributed by atoms with Crippen molar-refractivity contribution in [3.8, 4) is 0 Å². The highest BCUT2D eigenvalue weighted by Crippen LogP contribution is 2.26. The van der Waals surface area contributed by atoms with Crippen LogP contribution in [0.2, 0.25) is 0 Å². The van der Waals surface area contributed by atoms with Gasteiger partial charge in [-0.05, 0) is 29.7 Å². The lowest BCUT2D eigenvalue weighted by molar-refractivity contribution is -0.119. The minimum Gasteiger partial charge on any atom is -0.442 e. The highest BCUT2D eigenvalue weighted by atomic mass is 16.6. The second-order valence-corrected chi connectivity index (χ2v) is 6.18. The van der Waals surface area contributed by atoms with Crippen molar-refractivity contribution in [3.63, 3.8) is 0 Å². The van der Waals surface area contributed by atoms with Gasteiger partial charge in [0.25, 0.3) is 0 Å². The average molecular weight is 343 g/mol. The predicted octanol–water partition coefficient (Wildman–Crippen LogP) is 1.39. The van der Waals surface area contributed by atoms with Crippen LogP contribution in [0.25, 0.3) is 5.57 Å². The van der Waals surface area contributed by atoms with Crippen LogP contribution in [-0.4, -0.2) is 55.6 Å². The van der Waals surface area contributed by atoms with Crippen molar-refractivity contribution in [2.45, 2.75) is 19.4 Å². The maximum Gasteiger partial charge on any atom is 0.414 e. The molecule has 0 spiro atoms. The van der Waals surface area contributed by atoms with Crippen molar-refractivity contribution < 1.29 is 19.1 Å². The van der Waals surface area contributed by atoms with Crippen molar-refractivity contribution in [2.75, 3.05) is 31.1 Å². The Morgan fingerprint density at radius 2 is 2.12 bits per heavy atom. The van der Waals surface area contributed by atoms with Crippen molar-refractivity contribution in [2.24, 2.45) is 0 Å². The Hall–Kier alpha value is -2.83. The van der Waals surface area contributed by atoms with Gasteiger partial charge in [0.05, 0.1) is 13.1 Å². The fraction of sp³-hybridized carbons (Fsp3) is 0.389. The van der Waals surface area contributed by atoms with Gasteiger partial charge in [0, 0.05) is 25.7 Å². The summed E-state index contributed by atoms with van der Waals surface area (Å²) < 4.78 is 5.27. The van der Waals surface area contributed by atoms with Crippen molar-refractivity contribution >= 4 is 29.7 Å². The number of amides is 3. The highest BCUT2D eigenvalue weighted by molar-refractivity contribution is 5.90. The molecule has 0 unspecified atom stereocenters. The molecule has 0 aliphatic carbocycles. The fourth-order valence-electron chi connectivity index (χ4n) is 2.99. The Morgan fingerprint density at radius 3 is 2.72 bits per heavy atom. The number of carbonyl (C=O) groups excluding carboxylic acids is 3. The van der Waals surface area contributed by atoms with Crippen LogP contribution in [-0.2, 0) is 14.3 Å². The molecule has 0 saturated carbocycles. The molecule has 3 rings (SSSR count). The van der Waals surface area contributed by atoms with Gasteiger partial charge in [-0.1, -0.05) is 18.2 Å². The van der Waals surface area contributed by atoms with Crippen LogP contribution in [0.15, 0.2) is 30.3 Å². The number of carbonyl (C=O) groups is 3. The molecule has 2 heterocycles. The molecule has 7 nitrogen and oxygen atoms in total. The fourth-order valence-corrected chi connectivity index (χ4v) is 2.99. The van der Waals surface area contributed by atoms with E-state index in [4.69, 9.17) is 4.74 Å². The minimum absolute atomic E-state index is 0.146. The minimum atomic E-state index is -0.401. The largest absolute Gasteiger partial charge is 0.442 e. The molecular weight excluding hydrogens is 322 g/mol. The van der Waals surface area contributed by atoms with Gasteiger partial charge in [-0.15, -0.1) is 0 Å². The second kappa shape index (κ2) is 7.38. The van der Waals surface area contributed by atoms with E-state index in [0.717, 1.165) is 30.6 Å². The third-order valence-electron chi connectivity index (χ3n) is 4.39. The number of hydrogen-bond donors (Lipinski definition) is 1. The Bertz CT molecular complexity index is 699. The monoisotopic (exact) mass is 343 g/mol.